The van der Waals surface area contributed by atoms with E-state index in [-0.39, 0.29) is 11.8 Å². The molecule has 0 saturated carbocycles. The summed E-state index contributed by atoms with van der Waals surface area (Å²) in [4.78, 5) is 22.6. The fourth-order valence-corrected chi connectivity index (χ4v) is 1.35. The van der Waals surface area contributed by atoms with E-state index in [9.17, 15) is 9.59 Å². The molecule has 0 aromatic carbocycles. The number of rotatable bonds is 4. The van der Waals surface area contributed by atoms with Crippen LogP contribution < -0.4 is 5.32 Å². The molecule has 1 rings (SSSR count). The molecular formula is C9H15NO5. The van der Waals surface area contributed by atoms with E-state index in [1.54, 1.807) is 0 Å². The van der Waals surface area contributed by atoms with Gasteiger partial charge in [-0.2, -0.15) is 0 Å². The van der Waals surface area contributed by atoms with Crippen molar-refractivity contribution in [2.75, 3.05) is 26.9 Å². The van der Waals surface area contributed by atoms with Crippen LogP contribution in [0.5, 0.6) is 0 Å². The highest BCUT2D eigenvalue weighted by molar-refractivity contribution is 5.85. The second kappa shape index (κ2) is 5.67. The second-order valence-corrected chi connectivity index (χ2v) is 3.33. The summed E-state index contributed by atoms with van der Waals surface area (Å²) >= 11 is 0. The molecule has 0 aliphatic carbocycles. The molecule has 0 aromatic heterocycles. The molecule has 6 nitrogen and oxygen atoms in total. The summed E-state index contributed by atoms with van der Waals surface area (Å²) in [7, 11) is 1.20. The van der Waals surface area contributed by atoms with E-state index in [4.69, 9.17) is 9.84 Å². The number of esters is 1. The number of hydrogen-bond donors (Lipinski definition) is 2. The molecule has 0 bridgehead atoms. The first kappa shape index (κ1) is 11.9. The molecule has 6 heteroatoms. The minimum Gasteiger partial charge on any atom is -0.467 e. The smallest absolute Gasteiger partial charge is 0.330 e. The number of aliphatic hydroxyl groups is 1. The molecule has 0 radical (unpaired) electrons. The summed E-state index contributed by atoms with van der Waals surface area (Å²) in [6.07, 6.45) is 0.644. The number of ether oxygens (including phenoxy) is 2. The highest BCUT2D eigenvalue weighted by Crippen LogP contribution is 2.12. The van der Waals surface area contributed by atoms with Crippen molar-refractivity contribution in [3.63, 3.8) is 0 Å². The second-order valence-electron chi connectivity index (χ2n) is 3.33. The zero-order chi connectivity index (χ0) is 11.3. The molecular weight excluding hydrogens is 202 g/mol. The van der Waals surface area contributed by atoms with Gasteiger partial charge in [-0.3, -0.25) is 4.79 Å². The number of hydrogen-bond acceptors (Lipinski definition) is 5. The van der Waals surface area contributed by atoms with Gasteiger partial charge in [0.15, 0.2) is 6.04 Å². The molecule has 0 spiro atoms. The third-order valence-electron chi connectivity index (χ3n) is 2.29. The van der Waals surface area contributed by atoms with Gasteiger partial charge in [0.1, 0.15) is 0 Å². The van der Waals surface area contributed by atoms with Crippen LogP contribution in [-0.2, 0) is 19.1 Å². The number of amides is 1. The Morgan fingerprint density at radius 1 is 1.67 bits per heavy atom. The molecule has 0 aromatic rings. The monoisotopic (exact) mass is 217 g/mol. The number of carbonyl (C=O) groups is 2. The lowest BCUT2D eigenvalue weighted by Gasteiger charge is -2.15. The molecule has 1 amide bonds. The van der Waals surface area contributed by atoms with Gasteiger partial charge in [-0.1, -0.05) is 0 Å². The van der Waals surface area contributed by atoms with E-state index >= 15 is 0 Å². The van der Waals surface area contributed by atoms with E-state index in [0.717, 1.165) is 0 Å². The Morgan fingerprint density at radius 2 is 2.40 bits per heavy atom. The topological polar surface area (TPSA) is 84.9 Å². The van der Waals surface area contributed by atoms with E-state index in [2.05, 4.69) is 10.1 Å². The molecule has 86 valence electrons. The van der Waals surface area contributed by atoms with Gasteiger partial charge in [0.25, 0.3) is 0 Å². The predicted octanol–water partition coefficient (Wildman–Crippen LogP) is -1.33. The van der Waals surface area contributed by atoms with Crippen molar-refractivity contribution < 1.29 is 24.2 Å². The van der Waals surface area contributed by atoms with Crippen LogP contribution in [0.25, 0.3) is 0 Å². The number of methoxy groups -OCH3 is 1. The minimum absolute atomic E-state index is 0.233. The van der Waals surface area contributed by atoms with Gasteiger partial charge in [-0.25, -0.2) is 4.79 Å². The molecule has 1 heterocycles. The van der Waals surface area contributed by atoms with E-state index < -0.39 is 18.6 Å². The molecule has 1 saturated heterocycles. The summed E-state index contributed by atoms with van der Waals surface area (Å²) in [6, 6.07) is -0.983. The first-order valence-corrected chi connectivity index (χ1v) is 4.75. The van der Waals surface area contributed by atoms with Gasteiger partial charge in [-0.15, -0.1) is 0 Å². The van der Waals surface area contributed by atoms with Crippen LogP contribution in [0.15, 0.2) is 0 Å². The first-order valence-electron chi connectivity index (χ1n) is 4.75. The molecule has 15 heavy (non-hydrogen) atoms. The van der Waals surface area contributed by atoms with Crippen LogP contribution in [0, 0.1) is 5.92 Å². The van der Waals surface area contributed by atoms with Crippen molar-refractivity contribution >= 4 is 11.9 Å². The zero-order valence-corrected chi connectivity index (χ0v) is 8.56. The Labute approximate surface area is 87.5 Å². The van der Waals surface area contributed by atoms with Crippen molar-refractivity contribution in [2.24, 2.45) is 5.92 Å². The van der Waals surface area contributed by atoms with Crippen LogP contribution in [0.2, 0.25) is 0 Å². The lowest BCUT2D eigenvalue weighted by Crippen LogP contribution is -2.46. The number of aliphatic hydroxyl groups excluding tert-OH is 1. The predicted molar refractivity (Wildman–Crippen MR) is 50.0 cm³/mol. The van der Waals surface area contributed by atoms with Crippen LogP contribution in [0.4, 0.5) is 0 Å². The Balaban J connectivity index is 2.43. The molecule has 1 fully saturated rings. The van der Waals surface area contributed by atoms with E-state index in [0.29, 0.717) is 19.6 Å². The summed E-state index contributed by atoms with van der Waals surface area (Å²) in [5.41, 5.74) is 0. The molecule has 2 N–H and O–H groups in total. The maximum atomic E-state index is 11.5. The fraction of sp³-hybridized carbons (Fsp3) is 0.778. The van der Waals surface area contributed by atoms with Crippen LogP contribution in [0.1, 0.15) is 6.42 Å². The lowest BCUT2D eigenvalue weighted by atomic mass is 10.1. The zero-order valence-electron chi connectivity index (χ0n) is 8.56. The van der Waals surface area contributed by atoms with E-state index in [1.165, 1.54) is 7.11 Å². The number of carbonyl (C=O) groups excluding carboxylic acids is 2. The summed E-state index contributed by atoms with van der Waals surface area (Å²) in [5.74, 6) is -1.16. The SMILES string of the molecule is COC(=O)C(CO)NC(=O)C1CCOC1. The van der Waals surface area contributed by atoms with Gasteiger partial charge in [0.2, 0.25) is 5.91 Å². The lowest BCUT2D eigenvalue weighted by molar-refractivity contribution is -0.146. The van der Waals surface area contributed by atoms with Crippen LogP contribution in [-0.4, -0.2) is 50.0 Å². The highest BCUT2D eigenvalue weighted by atomic mass is 16.5. The maximum absolute atomic E-state index is 11.5. The fourth-order valence-electron chi connectivity index (χ4n) is 1.35. The Hall–Kier alpha value is -1.14. The Kier molecular flexibility index (Phi) is 4.51. The van der Waals surface area contributed by atoms with Crippen LogP contribution in [0.3, 0.4) is 0 Å². The van der Waals surface area contributed by atoms with Gasteiger partial charge in [0, 0.05) is 6.61 Å². The third-order valence-corrected chi connectivity index (χ3v) is 2.29. The maximum Gasteiger partial charge on any atom is 0.330 e. The van der Waals surface area contributed by atoms with E-state index in [1.807, 2.05) is 0 Å². The van der Waals surface area contributed by atoms with Gasteiger partial charge in [0.05, 0.1) is 26.2 Å². The van der Waals surface area contributed by atoms with Gasteiger partial charge < -0.3 is 19.9 Å². The van der Waals surface area contributed by atoms with Crippen molar-refractivity contribution in [3.05, 3.63) is 0 Å². The van der Waals surface area contributed by atoms with Gasteiger partial charge >= 0.3 is 5.97 Å². The third kappa shape index (κ3) is 3.17. The Morgan fingerprint density at radius 3 is 2.87 bits per heavy atom. The molecule has 1 aliphatic heterocycles. The Bertz CT molecular complexity index is 237. The van der Waals surface area contributed by atoms with Gasteiger partial charge in [-0.05, 0) is 6.42 Å². The molecule has 1 aliphatic rings. The summed E-state index contributed by atoms with van der Waals surface area (Å²) in [5, 5.41) is 11.3. The summed E-state index contributed by atoms with van der Waals surface area (Å²) < 4.78 is 9.46. The average molecular weight is 217 g/mol. The average Bonchev–Trinajstić information content (AvgIpc) is 2.77. The van der Waals surface area contributed by atoms with Crippen molar-refractivity contribution in [2.45, 2.75) is 12.5 Å². The molecule has 2 unspecified atom stereocenters. The quantitative estimate of drug-likeness (QED) is 0.570. The van der Waals surface area contributed by atoms with Crippen molar-refractivity contribution in [1.29, 1.82) is 0 Å². The largest absolute Gasteiger partial charge is 0.467 e. The standard InChI is InChI=1S/C9H15NO5/c1-14-9(13)7(4-11)10-8(12)6-2-3-15-5-6/h6-7,11H,2-5H2,1H3,(H,10,12). The summed E-state index contributed by atoms with van der Waals surface area (Å²) in [6.45, 7) is 0.456. The molecule has 2 atom stereocenters. The normalized spacial score (nSPS) is 22.1. The van der Waals surface area contributed by atoms with Crippen LogP contribution >= 0.6 is 0 Å². The van der Waals surface area contributed by atoms with Crippen molar-refractivity contribution in [3.8, 4) is 0 Å². The first-order chi connectivity index (χ1) is 7.19. The number of nitrogens with one attached hydrogen (secondary N) is 1. The minimum atomic E-state index is -0.983. The highest BCUT2D eigenvalue weighted by Gasteiger charge is 2.28. The van der Waals surface area contributed by atoms with Crippen molar-refractivity contribution in [1.82, 2.24) is 5.32 Å².